The van der Waals surface area contributed by atoms with Crippen molar-refractivity contribution >= 4 is 17.5 Å². The number of carbonyl (C=O) groups excluding carboxylic acids is 2. The fraction of sp³-hybridized carbons (Fsp3) is 0.208. The Morgan fingerprint density at radius 3 is 2.50 bits per heavy atom. The van der Waals surface area contributed by atoms with Gasteiger partial charge in [-0.1, -0.05) is 24.3 Å². The summed E-state index contributed by atoms with van der Waals surface area (Å²) >= 11 is 0. The number of hydrogen-bond donors (Lipinski definition) is 3. The smallest absolute Gasteiger partial charge is 0.274 e. The highest BCUT2D eigenvalue weighted by atomic mass is 16.5. The number of morpholine rings is 1. The normalized spacial score (nSPS) is 13.5. The number of nitrogens with zero attached hydrogens (tertiary/aromatic N) is 2. The third-order valence-electron chi connectivity index (χ3n) is 5.31. The minimum absolute atomic E-state index is 0.213. The Kier molecular flexibility index (Phi) is 6.74. The lowest BCUT2D eigenvalue weighted by atomic mass is 10.1. The first kappa shape index (κ1) is 21.5. The lowest BCUT2D eigenvalue weighted by Crippen LogP contribution is -2.36. The zero-order valence-electron chi connectivity index (χ0n) is 17.5. The number of amides is 2. The van der Waals surface area contributed by atoms with Gasteiger partial charge in [0.2, 0.25) is 0 Å². The summed E-state index contributed by atoms with van der Waals surface area (Å²) in [5.74, 6) is -0.794. The van der Waals surface area contributed by atoms with Crippen molar-refractivity contribution in [1.82, 2.24) is 15.8 Å². The van der Waals surface area contributed by atoms with Crippen LogP contribution in [0.3, 0.4) is 0 Å². The van der Waals surface area contributed by atoms with E-state index in [1.165, 1.54) is 0 Å². The van der Waals surface area contributed by atoms with Gasteiger partial charge in [0.1, 0.15) is 0 Å². The Bertz CT molecular complexity index is 1100. The molecule has 2 heterocycles. The molecule has 0 radical (unpaired) electrons. The maximum absolute atomic E-state index is 12.7. The fourth-order valence-corrected chi connectivity index (χ4v) is 3.54. The van der Waals surface area contributed by atoms with Crippen molar-refractivity contribution < 1.29 is 19.5 Å². The first-order valence-electron chi connectivity index (χ1n) is 10.3. The maximum atomic E-state index is 12.7. The van der Waals surface area contributed by atoms with Gasteiger partial charge in [-0.2, -0.15) is 0 Å². The lowest BCUT2D eigenvalue weighted by Gasteiger charge is -2.29. The molecule has 0 atom stereocenters. The van der Waals surface area contributed by atoms with E-state index in [0.29, 0.717) is 17.7 Å². The average molecular weight is 432 g/mol. The SMILES string of the molecule is O=C(NO)c1ccc(CNC(=O)c2ccnc(-c3cccc(N4CCOCC4)c3)c2)cc1. The average Bonchev–Trinajstić information content (AvgIpc) is 2.88. The van der Waals surface area contributed by atoms with Crippen molar-refractivity contribution in [3.05, 3.63) is 83.6 Å². The van der Waals surface area contributed by atoms with Crippen molar-refractivity contribution in [2.24, 2.45) is 0 Å². The monoisotopic (exact) mass is 432 g/mol. The Hall–Kier alpha value is -3.75. The summed E-state index contributed by atoms with van der Waals surface area (Å²) < 4.78 is 5.43. The van der Waals surface area contributed by atoms with E-state index in [2.05, 4.69) is 27.3 Å². The number of carbonyl (C=O) groups is 2. The lowest BCUT2D eigenvalue weighted by molar-refractivity contribution is 0.0706. The molecule has 0 unspecified atom stereocenters. The predicted octanol–water partition coefficient (Wildman–Crippen LogP) is 2.63. The van der Waals surface area contributed by atoms with Crippen LogP contribution in [0, 0.1) is 0 Å². The highest BCUT2D eigenvalue weighted by Gasteiger charge is 2.13. The Morgan fingerprint density at radius 2 is 1.75 bits per heavy atom. The van der Waals surface area contributed by atoms with Crippen molar-refractivity contribution in [2.45, 2.75) is 6.54 Å². The zero-order valence-corrected chi connectivity index (χ0v) is 17.5. The van der Waals surface area contributed by atoms with E-state index in [0.717, 1.165) is 48.8 Å². The van der Waals surface area contributed by atoms with Crippen LogP contribution in [0.25, 0.3) is 11.3 Å². The van der Waals surface area contributed by atoms with Crippen molar-refractivity contribution in [2.75, 3.05) is 31.2 Å². The van der Waals surface area contributed by atoms with Gasteiger partial charge < -0.3 is 15.0 Å². The van der Waals surface area contributed by atoms with E-state index < -0.39 is 5.91 Å². The number of hydrogen-bond acceptors (Lipinski definition) is 6. The second-order valence-corrected chi connectivity index (χ2v) is 7.40. The summed E-state index contributed by atoms with van der Waals surface area (Å²) in [7, 11) is 0. The largest absolute Gasteiger partial charge is 0.378 e. The van der Waals surface area contributed by atoms with E-state index in [1.54, 1.807) is 48.1 Å². The number of ether oxygens (including phenoxy) is 1. The third kappa shape index (κ3) is 5.11. The highest BCUT2D eigenvalue weighted by Crippen LogP contribution is 2.24. The molecule has 2 amide bonds. The minimum Gasteiger partial charge on any atom is -0.378 e. The van der Waals surface area contributed by atoms with Crippen molar-refractivity contribution in [3.63, 3.8) is 0 Å². The van der Waals surface area contributed by atoms with Crippen LogP contribution >= 0.6 is 0 Å². The molecule has 1 fully saturated rings. The molecule has 3 aromatic rings. The quantitative estimate of drug-likeness (QED) is 0.409. The molecular formula is C24H24N4O4. The van der Waals surface area contributed by atoms with Gasteiger partial charge in [0, 0.05) is 48.2 Å². The van der Waals surface area contributed by atoms with Crippen LogP contribution in [0.4, 0.5) is 5.69 Å². The number of aromatic nitrogens is 1. The molecule has 0 spiro atoms. The maximum Gasteiger partial charge on any atom is 0.274 e. The highest BCUT2D eigenvalue weighted by molar-refractivity contribution is 5.95. The van der Waals surface area contributed by atoms with Crippen LogP contribution in [-0.4, -0.2) is 48.3 Å². The van der Waals surface area contributed by atoms with E-state index >= 15 is 0 Å². The molecule has 1 aliphatic heterocycles. The molecule has 1 aliphatic rings. The number of rotatable bonds is 6. The van der Waals surface area contributed by atoms with Gasteiger partial charge in [-0.3, -0.25) is 19.8 Å². The summed E-state index contributed by atoms with van der Waals surface area (Å²) in [5.41, 5.74) is 6.06. The summed E-state index contributed by atoms with van der Waals surface area (Å²) in [4.78, 5) is 30.8. The van der Waals surface area contributed by atoms with Gasteiger partial charge in [0.25, 0.3) is 11.8 Å². The number of anilines is 1. The van der Waals surface area contributed by atoms with Crippen LogP contribution in [-0.2, 0) is 11.3 Å². The summed E-state index contributed by atoms with van der Waals surface area (Å²) in [5, 5.41) is 11.6. The van der Waals surface area contributed by atoms with Crippen LogP contribution < -0.4 is 15.7 Å². The van der Waals surface area contributed by atoms with Gasteiger partial charge in [-0.05, 0) is 42.0 Å². The van der Waals surface area contributed by atoms with E-state index in [1.807, 2.05) is 12.1 Å². The van der Waals surface area contributed by atoms with Crippen LogP contribution in [0.1, 0.15) is 26.3 Å². The van der Waals surface area contributed by atoms with Crippen molar-refractivity contribution in [3.8, 4) is 11.3 Å². The van der Waals surface area contributed by atoms with Crippen LogP contribution in [0.2, 0.25) is 0 Å². The van der Waals surface area contributed by atoms with Gasteiger partial charge in [-0.15, -0.1) is 0 Å². The van der Waals surface area contributed by atoms with E-state index in [4.69, 9.17) is 9.94 Å². The number of hydroxylamine groups is 1. The first-order valence-corrected chi connectivity index (χ1v) is 10.3. The summed E-state index contributed by atoms with van der Waals surface area (Å²) in [6.45, 7) is 3.45. The zero-order chi connectivity index (χ0) is 22.3. The van der Waals surface area contributed by atoms with E-state index in [9.17, 15) is 9.59 Å². The first-order chi connectivity index (χ1) is 15.6. The molecule has 0 bridgehead atoms. The fourth-order valence-electron chi connectivity index (χ4n) is 3.54. The molecule has 8 nitrogen and oxygen atoms in total. The molecule has 32 heavy (non-hydrogen) atoms. The minimum atomic E-state index is -0.581. The van der Waals surface area contributed by atoms with Gasteiger partial charge in [-0.25, -0.2) is 5.48 Å². The molecule has 0 saturated carbocycles. The van der Waals surface area contributed by atoms with Gasteiger partial charge in [0.05, 0.1) is 18.9 Å². The summed E-state index contributed by atoms with van der Waals surface area (Å²) in [6.07, 6.45) is 1.63. The number of nitrogens with one attached hydrogen (secondary N) is 2. The number of benzene rings is 2. The molecule has 8 heteroatoms. The molecule has 164 valence electrons. The molecule has 0 aliphatic carbocycles. The molecule has 1 aromatic heterocycles. The Morgan fingerprint density at radius 1 is 0.969 bits per heavy atom. The molecular weight excluding hydrogens is 408 g/mol. The third-order valence-corrected chi connectivity index (χ3v) is 5.31. The van der Waals surface area contributed by atoms with Crippen LogP contribution in [0.15, 0.2) is 66.9 Å². The van der Waals surface area contributed by atoms with Gasteiger partial charge >= 0.3 is 0 Å². The van der Waals surface area contributed by atoms with Crippen LogP contribution in [0.5, 0.6) is 0 Å². The Labute approximate surface area is 185 Å². The standard InChI is InChI=1S/C24H24N4O4/c29-23(26-16-17-4-6-18(7-5-17)24(30)27-31)20-8-9-25-22(15-20)19-2-1-3-21(14-19)28-10-12-32-13-11-28/h1-9,14-15,31H,10-13,16H2,(H,26,29)(H,27,30). The topological polar surface area (TPSA) is 104 Å². The van der Waals surface area contributed by atoms with Gasteiger partial charge in [0.15, 0.2) is 0 Å². The summed E-state index contributed by atoms with van der Waals surface area (Å²) in [6, 6.07) is 18.2. The van der Waals surface area contributed by atoms with E-state index in [-0.39, 0.29) is 5.91 Å². The molecule has 2 aromatic carbocycles. The number of pyridine rings is 1. The van der Waals surface area contributed by atoms with Crippen molar-refractivity contribution in [1.29, 1.82) is 0 Å². The predicted molar refractivity (Wildman–Crippen MR) is 120 cm³/mol. The molecule has 4 rings (SSSR count). The second kappa shape index (κ2) is 10.0. The molecule has 3 N–H and O–H groups in total. The second-order valence-electron chi connectivity index (χ2n) is 7.40. The molecule has 1 saturated heterocycles. The Balaban J connectivity index is 1.43.